The number of nitrogens with zero attached hydrogens (tertiary/aromatic N) is 1. The van der Waals surface area contributed by atoms with E-state index in [0.717, 1.165) is 11.1 Å². The maximum atomic E-state index is 12.0. The molecule has 0 saturated heterocycles. The molecule has 0 aliphatic carbocycles. The maximum absolute atomic E-state index is 12.0. The van der Waals surface area contributed by atoms with E-state index in [4.69, 9.17) is 11.6 Å². The largest absolute Gasteiger partial charge is 0.298 e. The molecule has 106 valence electrons. The molecule has 8 heteroatoms. The zero-order valence-electron chi connectivity index (χ0n) is 10.7. The highest BCUT2D eigenvalue weighted by Crippen LogP contribution is 2.23. The predicted molar refractivity (Wildman–Crippen MR) is 79.4 cm³/mol. The van der Waals surface area contributed by atoms with Crippen molar-refractivity contribution in [2.45, 2.75) is 11.8 Å². The molecule has 0 unspecified atom stereocenters. The van der Waals surface area contributed by atoms with E-state index in [0.29, 0.717) is 5.13 Å². The zero-order chi connectivity index (χ0) is 14.9. The van der Waals surface area contributed by atoms with Crippen molar-refractivity contribution < 1.29 is 13.2 Å². The van der Waals surface area contributed by atoms with Gasteiger partial charge in [-0.1, -0.05) is 11.6 Å². The number of rotatable bonds is 3. The molecule has 0 atom stereocenters. The van der Waals surface area contributed by atoms with Crippen molar-refractivity contribution in [1.29, 1.82) is 0 Å². The molecule has 0 bridgehead atoms. The molecular weight excluding hydrogens is 320 g/mol. The molecule has 0 aliphatic rings. The fraction of sp³-hybridized carbons (Fsp3) is 0.167. The van der Waals surface area contributed by atoms with Crippen LogP contribution in [0.15, 0.2) is 29.3 Å². The van der Waals surface area contributed by atoms with Gasteiger partial charge in [0.05, 0.1) is 9.92 Å². The molecular formula is C12H11ClN2O3S2. The topological polar surface area (TPSA) is 76.1 Å². The van der Waals surface area contributed by atoms with Gasteiger partial charge in [-0.05, 0) is 25.1 Å². The molecule has 0 fully saturated rings. The number of halogens is 1. The number of sulfone groups is 1. The van der Waals surface area contributed by atoms with Crippen molar-refractivity contribution in [2.75, 3.05) is 11.6 Å². The van der Waals surface area contributed by atoms with Crippen LogP contribution in [0.4, 0.5) is 5.13 Å². The Labute approximate surface area is 125 Å². The summed E-state index contributed by atoms with van der Waals surface area (Å²) in [6.45, 7) is 1.87. The molecule has 1 N–H and O–H groups in total. The normalized spacial score (nSPS) is 11.3. The van der Waals surface area contributed by atoms with Crippen LogP contribution in [0.25, 0.3) is 0 Å². The average molecular weight is 331 g/mol. The minimum absolute atomic E-state index is 0.0675. The average Bonchev–Trinajstić information content (AvgIpc) is 2.73. The van der Waals surface area contributed by atoms with E-state index in [1.54, 1.807) is 6.20 Å². The maximum Gasteiger partial charge on any atom is 0.257 e. The van der Waals surface area contributed by atoms with Crippen molar-refractivity contribution in [3.8, 4) is 0 Å². The number of thiazole rings is 1. The summed E-state index contributed by atoms with van der Waals surface area (Å²) in [5.41, 5.74) is 0.211. The van der Waals surface area contributed by atoms with Crippen LogP contribution < -0.4 is 5.32 Å². The van der Waals surface area contributed by atoms with Gasteiger partial charge in [-0.3, -0.25) is 10.1 Å². The van der Waals surface area contributed by atoms with Crippen LogP contribution in [0.5, 0.6) is 0 Å². The molecule has 0 radical (unpaired) electrons. The predicted octanol–water partition coefficient (Wildman–Crippen LogP) is 2.76. The fourth-order valence-corrected chi connectivity index (χ4v) is 3.47. The second-order valence-corrected chi connectivity index (χ2v) is 7.77. The first kappa shape index (κ1) is 15.0. The molecule has 1 aromatic heterocycles. The highest BCUT2D eigenvalue weighted by molar-refractivity contribution is 7.90. The Balaban J connectivity index is 2.31. The molecule has 5 nitrogen and oxygen atoms in total. The quantitative estimate of drug-likeness (QED) is 0.938. The van der Waals surface area contributed by atoms with Crippen LogP contribution in [-0.2, 0) is 9.84 Å². The van der Waals surface area contributed by atoms with Gasteiger partial charge in [0.15, 0.2) is 15.0 Å². The lowest BCUT2D eigenvalue weighted by atomic mass is 10.2. The molecule has 0 spiro atoms. The molecule has 2 rings (SSSR count). The molecule has 1 amide bonds. The number of hydrogen-bond donors (Lipinski definition) is 1. The first-order chi connectivity index (χ1) is 9.27. The lowest BCUT2D eigenvalue weighted by Crippen LogP contribution is -2.12. The van der Waals surface area contributed by atoms with E-state index in [-0.39, 0.29) is 15.5 Å². The van der Waals surface area contributed by atoms with Gasteiger partial charge in [-0.15, -0.1) is 11.3 Å². The number of nitrogens with one attached hydrogen (secondary N) is 1. The number of benzene rings is 1. The molecule has 0 saturated carbocycles. The minimum atomic E-state index is -3.48. The van der Waals surface area contributed by atoms with Gasteiger partial charge < -0.3 is 0 Å². The van der Waals surface area contributed by atoms with E-state index < -0.39 is 15.7 Å². The van der Waals surface area contributed by atoms with E-state index >= 15 is 0 Å². The minimum Gasteiger partial charge on any atom is -0.298 e. The van der Waals surface area contributed by atoms with Crippen molar-refractivity contribution in [3.05, 3.63) is 39.9 Å². The summed E-state index contributed by atoms with van der Waals surface area (Å²) in [6, 6.07) is 4.11. The van der Waals surface area contributed by atoms with Gasteiger partial charge in [0.2, 0.25) is 0 Å². The van der Waals surface area contributed by atoms with Crippen LogP contribution >= 0.6 is 22.9 Å². The summed E-state index contributed by atoms with van der Waals surface area (Å²) < 4.78 is 23.1. The summed E-state index contributed by atoms with van der Waals surface area (Å²) in [5, 5.41) is 3.16. The van der Waals surface area contributed by atoms with Gasteiger partial charge in [-0.2, -0.15) is 0 Å². The number of hydrogen-bond acceptors (Lipinski definition) is 5. The van der Waals surface area contributed by atoms with Gasteiger partial charge in [0.25, 0.3) is 5.91 Å². The summed E-state index contributed by atoms with van der Waals surface area (Å²) >= 11 is 7.16. The number of aromatic nitrogens is 1. The van der Waals surface area contributed by atoms with E-state index in [1.807, 2.05) is 6.92 Å². The van der Waals surface area contributed by atoms with Crippen molar-refractivity contribution in [1.82, 2.24) is 4.98 Å². The van der Waals surface area contributed by atoms with Gasteiger partial charge in [0, 0.05) is 22.9 Å². The molecule has 1 aromatic carbocycles. The first-order valence-electron chi connectivity index (χ1n) is 5.51. The van der Waals surface area contributed by atoms with Crippen molar-refractivity contribution in [3.63, 3.8) is 0 Å². The third-order valence-corrected chi connectivity index (χ3v) is 4.84. The zero-order valence-corrected chi connectivity index (χ0v) is 13.1. The second kappa shape index (κ2) is 5.51. The molecule has 0 aliphatic heterocycles. The summed E-state index contributed by atoms with van der Waals surface area (Å²) in [4.78, 5) is 16.9. The number of amides is 1. The van der Waals surface area contributed by atoms with Crippen LogP contribution in [0.2, 0.25) is 5.02 Å². The number of anilines is 1. The van der Waals surface area contributed by atoms with Crippen LogP contribution in [0, 0.1) is 6.92 Å². The Morgan fingerprint density at radius 1 is 1.40 bits per heavy atom. The molecule has 20 heavy (non-hydrogen) atoms. The Bertz CT molecular complexity index is 769. The van der Waals surface area contributed by atoms with Crippen LogP contribution in [0.3, 0.4) is 0 Å². The summed E-state index contributed by atoms with van der Waals surface area (Å²) in [5.74, 6) is -0.430. The Kier molecular flexibility index (Phi) is 4.12. The standard InChI is InChI=1S/C12H11ClN2O3S2/c1-7-6-14-12(19-7)15-11(16)8-3-4-9(13)10(5-8)20(2,17)18/h3-6H,1-2H3,(H,14,15,16). The van der Waals surface area contributed by atoms with Gasteiger partial charge >= 0.3 is 0 Å². The SMILES string of the molecule is Cc1cnc(NC(=O)c2ccc(Cl)c(S(C)(=O)=O)c2)s1. The number of carbonyl (C=O) groups is 1. The summed E-state index contributed by atoms with van der Waals surface area (Å²) in [6.07, 6.45) is 2.68. The fourth-order valence-electron chi connectivity index (χ4n) is 1.51. The summed E-state index contributed by atoms with van der Waals surface area (Å²) in [7, 11) is -3.48. The monoisotopic (exact) mass is 330 g/mol. The second-order valence-electron chi connectivity index (χ2n) is 4.15. The van der Waals surface area contributed by atoms with E-state index in [1.165, 1.54) is 29.5 Å². The number of aryl methyl sites for hydroxylation is 1. The Morgan fingerprint density at radius 3 is 2.65 bits per heavy atom. The smallest absolute Gasteiger partial charge is 0.257 e. The Morgan fingerprint density at radius 2 is 2.10 bits per heavy atom. The van der Waals surface area contributed by atoms with E-state index in [2.05, 4.69) is 10.3 Å². The Hall–Kier alpha value is -1.44. The van der Waals surface area contributed by atoms with Crippen molar-refractivity contribution >= 4 is 43.8 Å². The lowest BCUT2D eigenvalue weighted by Gasteiger charge is -2.06. The highest BCUT2D eigenvalue weighted by Gasteiger charge is 2.16. The number of carbonyl (C=O) groups excluding carboxylic acids is 1. The van der Waals surface area contributed by atoms with Crippen LogP contribution in [0.1, 0.15) is 15.2 Å². The lowest BCUT2D eigenvalue weighted by molar-refractivity contribution is 0.102. The highest BCUT2D eigenvalue weighted by atomic mass is 35.5. The van der Waals surface area contributed by atoms with Gasteiger partial charge in [0.1, 0.15) is 0 Å². The molecule has 2 aromatic rings. The van der Waals surface area contributed by atoms with Crippen LogP contribution in [-0.4, -0.2) is 25.6 Å². The molecule has 1 heterocycles. The first-order valence-corrected chi connectivity index (χ1v) is 8.59. The van der Waals surface area contributed by atoms with Gasteiger partial charge in [-0.25, -0.2) is 13.4 Å². The van der Waals surface area contributed by atoms with Crippen molar-refractivity contribution in [2.24, 2.45) is 0 Å². The van der Waals surface area contributed by atoms with E-state index in [9.17, 15) is 13.2 Å². The third kappa shape index (κ3) is 3.36. The third-order valence-electron chi connectivity index (χ3n) is 2.43.